The lowest BCUT2D eigenvalue weighted by Gasteiger charge is -2.05. The molecule has 0 fully saturated rings. The molecule has 28 heavy (non-hydrogen) atoms. The topological polar surface area (TPSA) is 84.3 Å². The average molecular weight is 408 g/mol. The number of hydrogen-bond acceptors (Lipinski definition) is 5. The maximum atomic E-state index is 11.9. The molecule has 0 aliphatic carbocycles. The highest BCUT2D eigenvalue weighted by Gasteiger charge is 2.21. The summed E-state index contributed by atoms with van der Waals surface area (Å²) in [7, 11) is 0. The summed E-state index contributed by atoms with van der Waals surface area (Å²) in [6, 6.07) is 7.93. The van der Waals surface area contributed by atoms with Crippen LogP contribution in [0, 0.1) is 5.41 Å². The van der Waals surface area contributed by atoms with Crippen molar-refractivity contribution in [3.05, 3.63) is 46.5 Å². The Bertz CT molecular complexity index is 710. The van der Waals surface area contributed by atoms with Crippen LogP contribution >= 0.6 is 11.6 Å². The smallest absolute Gasteiger partial charge is 0.375 e. The fourth-order valence-corrected chi connectivity index (χ4v) is 2.42. The summed E-state index contributed by atoms with van der Waals surface area (Å²) in [5.41, 5.74) is 1.62. The zero-order valence-corrected chi connectivity index (χ0v) is 17.9. The van der Waals surface area contributed by atoms with Crippen LogP contribution < -0.4 is 0 Å². The summed E-state index contributed by atoms with van der Waals surface area (Å²) < 4.78 is 4.53. The van der Waals surface area contributed by atoms with E-state index < -0.39 is 24.0 Å². The SMILES string of the molecule is CCCC/C=C(\C(C)=N)C(=O)CC(=O)C(=O)OCC.CCc1cccc(Cl)c1. The summed E-state index contributed by atoms with van der Waals surface area (Å²) in [5, 5.41) is 8.36. The van der Waals surface area contributed by atoms with Crippen molar-refractivity contribution in [3.63, 3.8) is 0 Å². The van der Waals surface area contributed by atoms with Crippen LogP contribution in [0.2, 0.25) is 5.02 Å². The van der Waals surface area contributed by atoms with Gasteiger partial charge in [-0.3, -0.25) is 9.59 Å². The number of carbonyl (C=O) groups excluding carboxylic acids is 3. The van der Waals surface area contributed by atoms with Crippen LogP contribution in [0.15, 0.2) is 35.9 Å². The zero-order chi connectivity index (χ0) is 21.5. The van der Waals surface area contributed by atoms with E-state index in [1.165, 1.54) is 12.5 Å². The van der Waals surface area contributed by atoms with Gasteiger partial charge in [0, 0.05) is 16.3 Å². The third kappa shape index (κ3) is 10.8. The van der Waals surface area contributed by atoms with E-state index in [-0.39, 0.29) is 17.9 Å². The molecule has 1 aromatic rings. The summed E-state index contributed by atoms with van der Waals surface area (Å²) in [6.07, 6.45) is 4.76. The number of carbonyl (C=O) groups is 3. The Morgan fingerprint density at radius 2 is 1.82 bits per heavy atom. The first-order chi connectivity index (χ1) is 13.3. The van der Waals surface area contributed by atoms with Crippen LogP contribution in [0.1, 0.15) is 58.9 Å². The van der Waals surface area contributed by atoms with E-state index in [2.05, 4.69) is 17.7 Å². The first kappa shape index (κ1) is 25.7. The number of ether oxygens (including phenoxy) is 1. The number of aryl methyl sites for hydroxylation is 1. The van der Waals surface area contributed by atoms with Crippen molar-refractivity contribution < 1.29 is 19.1 Å². The molecular formula is C22H30ClNO4. The van der Waals surface area contributed by atoms with Crippen LogP contribution in [-0.4, -0.2) is 29.9 Å². The van der Waals surface area contributed by atoms with Crippen LogP contribution in [0.25, 0.3) is 0 Å². The number of benzene rings is 1. The second-order valence-corrected chi connectivity index (χ2v) is 6.55. The molecule has 0 amide bonds. The molecule has 154 valence electrons. The van der Waals surface area contributed by atoms with E-state index in [4.69, 9.17) is 17.0 Å². The normalized spacial score (nSPS) is 10.5. The Balaban J connectivity index is 0.000000668. The Kier molecular flexibility index (Phi) is 13.6. The standard InChI is InChI=1S/C14H21NO4.C8H9Cl/c1-4-6-7-8-11(10(3)15)12(16)9-13(17)14(18)19-5-2;1-2-7-4-3-5-8(9)6-7/h8,15H,4-7,9H2,1-3H3;3-6H,2H2,1H3/b11-8+,15-10?;. The Hall–Kier alpha value is -2.27. The predicted molar refractivity (Wildman–Crippen MR) is 113 cm³/mol. The van der Waals surface area contributed by atoms with Crippen LogP contribution in [-0.2, 0) is 25.5 Å². The molecule has 0 heterocycles. The van der Waals surface area contributed by atoms with Crippen LogP contribution in [0.5, 0.6) is 0 Å². The van der Waals surface area contributed by atoms with E-state index in [1.54, 1.807) is 13.0 Å². The van der Waals surface area contributed by atoms with Gasteiger partial charge in [0.25, 0.3) is 0 Å². The maximum Gasteiger partial charge on any atom is 0.375 e. The zero-order valence-electron chi connectivity index (χ0n) is 17.1. The van der Waals surface area contributed by atoms with Crippen molar-refractivity contribution >= 4 is 34.8 Å². The number of nitrogens with one attached hydrogen (secondary N) is 1. The Morgan fingerprint density at radius 3 is 2.29 bits per heavy atom. The third-order valence-corrected chi connectivity index (χ3v) is 3.97. The lowest BCUT2D eigenvalue weighted by atomic mass is 10.0. The van der Waals surface area contributed by atoms with Gasteiger partial charge in [-0.25, -0.2) is 4.79 Å². The molecule has 0 aliphatic rings. The molecule has 1 N–H and O–H groups in total. The largest absolute Gasteiger partial charge is 0.460 e. The number of ketones is 2. The number of rotatable bonds is 10. The number of hydrogen-bond donors (Lipinski definition) is 1. The highest BCUT2D eigenvalue weighted by Crippen LogP contribution is 2.10. The highest BCUT2D eigenvalue weighted by atomic mass is 35.5. The molecule has 0 radical (unpaired) electrons. The van der Waals surface area contributed by atoms with Crippen molar-refractivity contribution in [2.45, 2.75) is 59.8 Å². The third-order valence-electron chi connectivity index (χ3n) is 3.73. The van der Waals surface area contributed by atoms with Gasteiger partial charge >= 0.3 is 5.97 Å². The van der Waals surface area contributed by atoms with Crippen molar-refractivity contribution in [1.82, 2.24) is 0 Å². The lowest BCUT2D eigenvalue weighted by molar-refractivity contribution is -0.154. The molecular weight excluding hydrogens is 378 g/mol. The summed E-state index contributed by atoms with van der Waals surface area (Å²) in [5.74, 6) is -2.36. The molecule has 0 unspecified atom stereocenters. The number of halogens is 1. The van der Waals surface area contributed by atoms with E-state index in [9.17, 15) is 14.4 Å². The second-order valence-electron chi connectivity index (χ2n) is 6.11. The highest BCUT2D eigenvalue weighted by molar-refractivity contribution is 6.40. The van der Waals surface area contributed by atoms with Gasteiger partial charge in [0.1, 0.15) is 0 Å². The van der Waals surface area contributed by atoms with Gasteiger partial charge in [0.15, 0.2) is 5.78 Å². The second kappa shape index (κ2) is 14.7. The molecule has 5 nitrogen and oxygen atoms in total. The molecule has 0 atom stereocenters. The summed E-state index contributed by atoms with van der Waals surface area (Å²) >= 11 is 5.72. The minimum Gasteiger partial charge on any atom is -0.460 e. The fraction of sp³-hybridized carbons (Fsp3) is 0.455. The molecule has 0 aromatic heterocycles. The van der Waals surface area contributed by atoms with Crippen LogP contribution in [0.4, 0.5) is 0 Å². The van der Waals surface area contributed by atoms with E-state index in [0.29, 0.717) is 6.42 Å². The average Bonchev–Trinajstić information content (AvgIpc) is 2.65. The molecule has 0 spiro atoms. The Labute approximate surface area is 172 Å². The molecule has 1 rings (SSSR count). The lowest BCUT2D eigenvalue weighted by Crippen LogP contribution is -2.22. The van der Waals surface area contributed by atoms with Gasteiger partial charge in [0.2, 0.25) is 5.78 Å². The quantitative estimate of drug-likeness (QED) is 0.145. The molecule has 0 bridgehead atoms. The minimum atomic E-state index is -0.994. The molecule has 0 saturated carbocycles. The van der Waals surface area contributed by atoms with Crippen molar-refractivity contribution in [2.75, 3.05) is 6.61 Å². The van der Waals surface area contributed by atoms with Gasteiger partial charge in [-0.1, -0.05) is 56.5 Å². The molecule has 0 aliphatic heterocycles. The first-order valence-electron chi connectivity index (χ1n) is 9.49. The molecule has 6 heteroatoms. The van der Waals surface area contributed by atoms with Crippen molar-refractivity contribution in [2.24, 2.45) is 0 Å². The summed E-state index contributed by atoms with van der Waals surface area (Å²) in [4.78, 5) is 34.4. The maximum absolute atomic E-state index is 11.9. The van der Waals surface area contributed by atoms with E-state index in [1.807, 2.05) is 25.1 Å². The van der Waals surface area contributed by atoms with E-state index in [0.717, 1.165) is 24.3 Å². The monoisotopic (exact) mass is 407 g/mol. The van der Waals surface area contributed by atoms with Crippen molar-refractivity contribution in [1.29, 1.82) is 5.41 Å². The predicted octanol–water partition coefficient (Wildman–Crippen LogP) is 5.14. The minimum absolute atomic E-state index is 0.0988. The van der Waals surface area contributed by atoms with Gasteiger partial charge in [0.05, 0.1) is 13.0 Å². The number of allylic oxidation sites excluding steroid dienone is 2. The molecule has 1 aromatic carbocycles. The summed E-state index contributed by atoms with van der Waals surface area (Å²) in [6.45, 7) is 7.32. The first-order valence-corrected chi connectivity index (χ1v) is 9.87. The fourth-order valence-electron chi connectivity index (χ4n) is 2.21. The van der Waals surface area contributed by atoms with Crippen LogP contribution in [0.3, 0.4) is 0 Å². The van der Waals surface area contributed by atoms with Crippen molar-refractivity contribution in [3.8, 4) is 0 Å². The molecule has 0 saturated heterocycles. The van der Waals surface area contributed by atoms with Gasteiger partial charge in [-0.05, 0) is 44.4 Å². The number of unbranched alkanes of at least 4 members (excludes halogenated alkanes) is 2. The van der Waals surface area contributed by atoms with E-state index >= 15 is 0 Å². The van der Waals surface area contributed by atoms with Gasteiger partial charge < -0.3 is 10.1 Å². The number of Topliss-reactive ketones (excluding diaryl/α,β-unsaturated/α-hetero) is 2. The Morgan fingerprint density at radius 1 is 1.14 bits per heavy atom. The number of esters is 1. The van der Waals surface area contributed by atoms with Gasteiger partial charge in [-0.15, -0.1) is 0 Å². The van der Waals surface area contributed by atoms with Gasteiger partial charge in [-0.2, -0.15) is 0 Å².